The molecule has 14 nitrogen and oxygen atoms in total. The maximum atomic E-state index is 13.5. The van der Waals surface area contributed by atoms with Crippen LogP contribution in [-0.2, 0) is 27.1 Å². The molecule has 6 rings (SSSR count). The molecule has 4 aliphatic rings. The summed E-state index contributed by atoms with van der Waals surface area (Å²) in [6.45, 7) is 10.6. The minimum atomic E-state index is -0.915. The van der Waals surface area contributed by atoms with Gasteiger partial charge in [0.25, 0.3) is 0 Å². The molecule has 2 aromatic rings. The van der Waals surface area contributed by atoms with Gasteiger partial charge in [0.05, 0.1) is 25.3 Å². The first-order valence-corrected chi connectivity index (χ1v) is 16.8. The Morgan fingerprint density at radius 2 is 1.84 bits per heavy atom. The van der Waals surface area contributed by atoms with Gasteiger partial charge in [-0.25, -0.2) is 4.79 Å². The van der Waals surface area contributed by atoms with E-state index in [2.05, 4.69) is 32.6 Å². The Morgan fingerprint density at radius 3 is 2.50 bits per heavy atom. The summed E-state index contributed by atoms with van der Waals surface area (Å²) in [6.07, 6.45) is 0.232. The number of nitriles is 1. The quantitative estimate of drug-likeness (QED) is 0.345. The number of piperazine rings is 1. The van der Waals surface area contributed by atoms with E-state index in [1.807, 2.05) is 14.0 Å². The third-order valence-corrected chi connectivity index (χ3v) is 10.2. The van der Waals surface area contributed by atoms with E-state index in [1.165, 1.54) is 0 Å². The topological polar surface area (TPSA) is 164 Å². The normalized spacial score (nSPS) is 24.2. The number of likely N-dealkylation sites (N-methyl/N-ethyl adjacent to an activating group) is 1. The third-order valence-electron chi connectivity index (χ3n) is 10.2. The number of aryl methyl sites for hydroxylation is 1. The van der Waals surface area contributed by atoms with Gasteiger partial charge in [-0.15, -0.1) is 0 Å². The van der Waals surface area contributed by atoms with Gasteiger partial charge in [0.1, 0.15) is 23.4 Å². The molecule has 0 saturated carbocycles. The minimum Gasteiger partial charge on any atom is -0.507 e. The number of hydrogen-bond donors (Lipinski definition) is 3. The molecule has 0 aromatic heterocycles. The largest absolute Gasteiger partial charge is 0.507 e. The maximum Gasteiger partial charge on any atom is 0.408 e. The fraction of sp³-hybridized carbons (Fsp3) is 0.583. The monoisotopic (exact) mass is 693 g/mol. The number of alkyl carbamates (subject to hydrolysis) is 1. The number of nitrogens with one attached hydrogen (secondary N) is 2. The second-order valence-corrected chi connectivity index (χ2v) is 14.4. The van der Waals surface area contributed by atoms with Crippen molar-refractivity contribution in [1.29, 1.82) is 5.26 Å². The second-order valence-electron chi connectivity index (χ2n) is 14.4. The molecule has 270 valence electrons. The third kappa shape index (κ3) is 5.91. The van der Waals surface area contributed by atoms with Crippen molar-refractivity contribution in [3.8, 4) is 34.8 Å². The molecule has 0 spiro atoms. The van der Waals surface area contributed by atoms with Gasteiger partial charge in [0.15, 0.2) is 29.8 Å². The molecule has 2 aromatic carbocycles. The number of rotatable bonds is 8. The molecule has 4 aliphatic heterocycles. The van der Waals surface area contributed by atoms with Crippen LogP contribution >= 0.6 is 0 Å². The summed E-state index contributed by atoms with van der Waals surface area (Å²) in [5.41, 5.74) is 4.08. The number of benzene rings is 2. The molecule has 50 heavy (non-hydrogen) atoms. The number of nitrogens with zero attached hydrogens (tertiary/aromatic N) is 3. The number of fused-ring (bicyclic) bond motifs is 9. The molecule has 6 atom stereocenters. The Morgan fingerprint density at radius 1 is 1.12 bits per heavy atom. The number of carbonyl (C=O) groups excluding carboxylic acids is 2. The molecule has 14 heteroatoms. The van der Waals surface area contributed by atoms with Crippen molar-refractivity contribution in [1.82, 2.24) is 20.4 Å². The van der Waals surface area contributed by atoms with E-state index in [4.69, 9.17) is 28.4 Å². The minimum absolute atomic E-state index is 0.0117. The number of ether oxygens (including phenoxy) is 6. The van der Waals surface area contributed by atoms with Gasteiger partial charge in [-0.3, -0.25) is 14.6 Å². The number of phenols is 1. The summed E-state index contributed by atoms with van der Waals surface area (Å²) < 4.78 is 34.7. The lowest BCUT2D eigenvalue weighted by Gasteiger charge is -2.60. The zero-order valence-electron chi connectivity index (χ0n) is 30.1. The maximum absolute atomic E-state index is 13.5. The Balaban J connectivity index is 1.46. The van der Waals surface area contributed by atoms with Crippen LogP contribution in [0.1, 0.15) is 73.2 Å². The van der Waals surface area contributed by atoms with E-state index in [0.29, 0.717) is 52.5 Å². The van der Waals surface area contributed by atoms with Crippen LogP contribution in [-0.4, -0.2) is 98.1 Å². The van der Waals surface area contributed by atoms with Gasteiger partial charge < -0.3 is 44.2 Å². The molecular formula is C36H47N5O9. The zero-order valence-corrected chi connectivity index (χ0v) is 30.1. The molecule has 0 aliphatic carbocycles. The lowest BCUT2D eigenvalue weighted by Crippen LogP contribution is -2.69. The van der Waals surface area contributed by atoms with E-state index in [1.54, 1.807) is 48.8 Å². The lowest BCUT2D eigenvalue weighted by molar-refractivity contribution is -0.123. The zero-order chi connectivity index (χ0) is 36.2. The van der Waals surface area contributed by atoms with Crippen LogP contribution in [0.2, 0.25) is 0 Å². The van der Waals surface area contributed by atoms with E-state index in [9.17, 15) is 20.0 Å². The fourth-order valence-electron chi connectivity index (χ4n) is 8.18. The van der Waals surface area contributed by atoms with Gasteiger partial charge in [0.2, 0.25) is 12.7 Å². The van der Waals surface area contributed by atoms with Gasteiger partial charge in [-0.2, -0.15) is 5.26 Å². The van der Waals surface area contributed by atoms with Crippen molar-refractivity contribution in [3.05, 3.63) is 39.4 Å². The average molecular weight is 694 g/mol. The fourth-order valence-corrected chi connectivity index (χ4v) is 8.18. The Kier molecular flexibility index (Phi) is 9.45. The van der Waals surface area contributed by atoms with E-state index in [0.717, 1.165) is 16.7 Å². The molecular weight excluding hydrogens is 646 g/mol. The molecule has 1 unspecified atom stereocenters. The summed E-state index contributed by atoms with van der Waals surface area (Å²) in [5, 5.41) is 28.2. The number of phenolic OH excluding ortho intramolecular Hbond substituents is 1. The molecule has 0 radical (unpaired) electrons. The number of aromatic hydroxyl groups is 1. The average Bonchev–Trinajstić information content (AvgIpc) is 3.54. The SMILES string of the molecule is COCOc1c(OC)c(C)cc2c1[C@H]1C3Cc4c(O)c(C)c5c(c4[C@H](CNC(=O)[C@H](C)NC(=O)OC(C)(C)C)N3[C@@H](C#N)[C@H](C2)N1C)OCO5. The molecule has 1 saturated heterocycles. The number of methoxy groups -OCH3 is 2. The Bertz CT molecular complexity index is 1730. The standard InChI is InChI=1S/C36H47N5O9/c1-17-10-20-11-22-24(13-37)41-23(28(40(22)7)26(20)32(30(17)46-9)47-15-45-8)12-21-27(33-31(48-16-49-33)18(2)29(21)42)25(41)14-38-34(43)19(3)39-35(44)50-36(4,5)6/h10,19,22-25,28,42H,11-12,14-16H2,1-9H3,(H,38,43)(H,39,44)/t19-,22-,23?,24-,25-,28+/m0/s1. The van der Waals surface area contributed by atoms with Crippen molar-refractivity contribution in [2.75, 3.05) is 41.4 Å². The first kappa shape index (κ1) is 35.4. The van der Waals surface area contributed by atoms with Crippen molar-refractivity contribution >= 4 is 12.0 Å². The van der Waals surface area contributed by atoms with E-state index >= 15 is 0 Å². The summed E-state index contributed by atoms with van der Waals surface area (Å²) in [5.74, 6) is 1.78. The van der Waals surface area contributed by atoms with Crippen LogP contribution in [0.25, 0.3) is 0 Å². The van der Waals surface area contributed by atoms with Crippen molar-refractivity contribution in [3.63, 3.8) is 0 Å². The summed E-state index contributed by atoms with van der Waals surface area (Å²) in [7, 11) is 5.20. The number of carbonyl (C=O) groups is 2. The van der Waals surface area contributed by atoms with E-state index in [-0.39, 0.29) is 44.0 Å². The predicted octanol–water partition coefficient (Wildman–Crippen LogP) is 3.53. The molecule has 2 bridgehead atoms. The van der Waals surface area contributed by atoms with Gasteiger partial charge in [0, 0.05) is 48.0 Å². The van der Waals surface area contributed by atoms with Crippen molar-refractivity contribution in [2.45, 2.75) is 96.2 Å². The van der Waals surface area contributed by atoms with Gasteiger partial charge in [-0.05, 0) is 72.6 Å². The van der Waals surface area contributed by atoms with Gasteiger partial charge >= 0.3 is 6.09 Å². The number of amides is 2. The molecule has 1 fully saturated rings. The van der Waals surface area contributed by atoms with E-state index < -0.39 is 35.7 Å². The first-order chi connectivity index (χ1) is 23.7. The predicted molar refractivity (Wildman–Crippen MR) is 181 cm³/mol. The Labute approximate surface area is 292 Å². The van der Waals surface area contributed by atoms with Crippen LogP contribution in [0.3, 0.4) is 0 Å². The van der Waals surface area contributed by atoms with Crippen molar-refractivity contribution in [2.24, 2.45) is 0 Å². The van der Waals surface area contributed by atoms with Crippen LogP contribution in [0, 0.1) is 25.2 Å². The molecule has 3 N–H and O–H groups in total. The van der Waals surface area contributed by atoms with Crippen LogP contribution < -0.4 is 29.6 Å². The molecule has 2 amide bonds. The highest BCUT2D eigenvalue weighted by Crippen LogP contribution is 2.58. The lowest BCUT2D eigenvalue weighted by atomic mass is 9.71. The summed E-state index contributed by atoms with van der Waals surface area (Å²) >= 11 is 0. The number of hydrogen-bond acceptors (Lipinski definition) is 12. The molecule has 4 heterocycles. The van der Waals surface area contributed by atoms with Crippen molar-refractivity contribution < 1.29 is 43.1 Å². The first-order valence-electron chi connectivity index (χ1n) is 16.8. The highest BCUT2D eigenvalue weighted by Gasteiger charge is 2.57. The summed E-state index contributed by atoms with van der Waals surface area (Å²) in [4.78, 5) is 30.4. The van der Waals surface area contributed by atoms with Crippen LogP contribution in [0.15, 0.2) is 6.07 Å². The van der Waals surface area contributed by atoms with Crippen LogP contribution in [0.4, 0.5) is 4.79 Å². The smallest absolute Gasteiger partial charge is 0.408 e. The van der Waals surface area contributed by atoms with Gasteiger partial charge in [-0.1, -0.05) is 6.07 Å². The Hall–Kier alpha value is -4.45. The highest BCUT2D eigenvalue weighted by molar-refractivity contribution is 5.85. The summed E-state index contributed by atoms with van der Waals surface area (Å²) in [6, 6.07) is 1.73. The van der Waals surface area contributed by atoms with Crippen LogP contribution in [0.5, 0.6) is 28.7 Å². The highest BCUT2D eigenvalue weighted by atomic mass is 16.7. The second kappa shape index (κ2) is 13.4.